The van der Waals surface area contributed by atoms with E-state index in [-0.39, 0.29) is 25.0 Å². The van der Waals surface area contributed by atoms with Gasteiger partial charge in [0.15, 0.2) is 6.61 Å². The number of carbonyl (C=O) groups excluding carboxylic acids is 2. The average Bonchev–Trinajstić information content (AvgIpc) is 3.01. The van der Waals surface area contributed by atoms with Crippen LogP contribution < -0.4 is 15.0 Å². The van der Waals surface area contributed by atoms with Crippen molar-refractivity contribution in [3.63, 3.8) is 0 Å². The summed E-state index contributed by atoms with van der Waals surface area (Å²) < 4.78 is 5.48. The molecule has 2 amide bonds. The van der Waals surface area contributed by atoms with Gasteiger partial charge in [0.05, 0.1) is 16.4 Å². The number of amides is 2. The Morgan fingerprint density at radius 3 is 3.00 bits per heavy atom. The molecule has 1 aromatic carbocycles. The highest BCUT2D eigenvalue weighted by atomic mass is 32.1. The van der Waals surface area contributed by atoms with Crippen molar-refractivity contribution in [2.45, 2.75) is 20.3 Å². The molecule has 2 aromatic rings. The molecule has 1 aliphatic heterocycles. The molecule has 0 saturated carbocycles. The number of hydrogen-bond donors (Lipinski definition) is 1. The second kappa shape index (κ2) is 7.00. The summed E-state index contributed by atoms with van der Waals surface area (Å²) in [7, 11) is 0. The van der Waals surface area contributed by atoms with Gasteiger partial charge in [0.25, 0.3) is 5.91 Å². The number of aryl methyl sites for hydroxylation is 1. The van der Waals surface area contributed by atoms with Crippen LogP contribution in [0.15, 0.2) is 23.6 Å². The van der Waals surface area contributed by atoms with E-state index >= 15 is 0 Å². The number of nitrogens with zero attached hydrogens (tertiary/aromatic N) is 2. The monoisotopic (exact) mass is 345 g/mol. The summed E-state index contributed by atoms with van der Waals surface area (Å²) in [6.07, 6.45) is 0.854. The quantitative estimate of drug-likeness (QED) is 0.903. The average molecular weight is 345 g/mol. The number of benzene rings is 1. The number of hydrogen-bond acceptors (Lipinski definition) is 5. The van der Waals surface area contributed by atoms with Crippen molar-refractivity contribution in [2.75, 3.05) is 24.6 Å². The molecule has 0 spiro atoms. The minimum absolute atomic E-state index is 0.00522. The standard InChI is InChI=1S/C17H19N3O3S/c1-3-6-18-16(21)8-20-14-7-12(13-10-24-11(2)19-13)4-5-15(14)23-9-17(20)22/h4-5,7,10H,3,6,8-9H2,1-2H3,(H,18,21). The highest BCUT2D eigenvalue weighted by molar-refractivity contribution is 7.09. The lowest BCUT2D eigenvalue weighted by atomic mass is 10.1. The Morgan fingerprint density at radius 1 is 1.46 bits per heavy atom. The number of aromatic nitrogens is 1. The van der Waals surface area contributed by atoms with Crippen molar-refractivity contribution in [1.82, 2.24) is 10.3 Å². The molecule has 2 heterocycles. The molecule has 24 heavy (non-hydrogen) atoms. The molecule has 0 atom stereocenters. The SMILES string of the molecule is CCCNC(=O)CN1C(=O)COc2ccc(-c3csc(C)n3)cc21. The Kier molecular flexibility index (Phi) is 4.80. The second-order valence-corrected chi connectivity index (χ2v) is 6.62. The summed E-state index contributed by atoms with van der Waals surface area (Å²) in [5.41, 5.74) is 2.37. The maximum atomic E-state index is 12.2. The Labute approximate surface area is 144 Å². The van der Waals surface area contributed by atoms with Crippen LogP contribution in [0, 0.1) is 6.92 Å². The van der Waals surface area contributed by atoms with Gasteiger partial charge in [0.2, 0.25) is 5.91 Å². The number of rotatable bonds is 5. The van der Waals surface area contributed by atoms with Gasteiger partial charge in [-0.15, -0.1) is 11.3 Å². The number of ether oxygens (including phenoxy) is 1. The van der Waals surface area contributed by atoms with E-state index in [1.165, 1.54) is 4.90 Å². The van der Waals surface area contributed by atoms with Gasteiger partial charge < -0.3 is 10.1 Å². The predicted molar refractivity (Wildman–Crippen MR) is 93.4 cm³/mol. The van der Waals surface area contributed by atoms with Crippen LogP contribution in [-0.2, 0) is 9.59 Å². The van der Waals surface area contributed by atoms with Gasteiger partial charge >= 0.3 is 0 Å². The number of carbonyl (C=O) groups is 2. The third-order valence-corrected chi connectivity index (χ3v) is 4.46. The van der Waals surface area contributed by atoms with E-state index in [2.05, 4.69) is 10.3 Å². The van der Waals surface area contributed by atoms with E-state index in [9.17, 15) is 9.59 Å². The Balaban J connectivity index is 1.89. The van der Waals surface area contributed by atoms with E-state index in [0.717, 1.165) is 22.7 Å². The summed E-state index contributed by atoms with van der Waals surface area (Å²) in [6.45, 7) is 4.47. The number of fused-ring (bicyclic) bond motifs is 1. The smallest absolute Gasteiger partial charge is 0.265 e. The zero-order chi connectivity index (χ0) is 17.1. The molecule has 0 aliphatic carbocycles. The highest BCUT2D eigenvalue weighted by Crippen LogP contribution is 2.36. The van der Waals surface area contributed by atoms with Crippen molar-refractivity contribution < 1.29 is 14.3 Å². The topological polar surface area (TPSA) is 71.5 Å². The van der Waals surface area contributed by atoms with Gasteiger partial charge in [-0.2, -0.15) is 0 Å². The lowest BCUT2D eigenvalue weighted by Crippen LogP contribution is -2.45. The first-order chi connectivity index (χ1) is 11.6. The van der Waals surface area contributed by atoms with Crippen LogP contribution >= 0.6 is 11.3 Å². The lowest BCUT2D eigenvalue weighted by Gasteiger charge is -2.29. The lowest BCUT2D eigenvalue weighted by molar-refractivity contribution is -0.125. The third-order valence-electron chi connectivity index (χ3n) is 3.69. The number of thiazole rings is 1. The summed E-state index contributed by atoms with van der Waals surface area (Å²) >= 11 is 1.57. The Morgan fingerprint density at radius 2 is 2.29 bits per heavy atom. The fourth-order valence-electron chi connectivity index (χ4n) is 2.49. The molecule has 1 aliphatic rings. The first kappa shape index (κ1) is 16.4. The maximum absolute atomic E-state index is 12.2. The van der Waals surface area contributed by atoms with Gasteiger partial charge in [-0.3, -0.25) is 14.5 Å². The van der Waals surface area contributed by atoms with Gasteiger partial charge in [0.1, 0.15) is 12.3 Å². The van der Waals surface area contributed by atoms with Crippen LogP contribution in [-0.4, -0.2) is 36.5 Å². The fraction of sp³-hybridized carbons (Fsp3) is 0.353. The molecule has 126 valence electrons. The first-order valence-corrected chi connectivity index (χ1v) is 8.73. The van der Waals surface area contributed by atoms with Crippen LogP contribution in [0.1, 0.15) is 18.4 Å². The minimum Gasteiger partial charge on any atom is -0.482 e. The molecular formula is C17H19N3O3S. The summed E-state index contributed by atoms with van der Waals surface area (Å²) in [5, 5.41) is 5.75. The van der Waals surface area contributed by atoms with Gasteiger partial charge in [-0.05, 0) is 31.5 Å². The molecule has 1 aromatic heterocycles. The van der Waals surface area contributed by atoms with E-state index in [4.69, 9.17) is 4.74 Å². The van der Waals surface area contributed by atoms with Crippen molar-refractivity contribution in [3.05, 3.63) is 28.6 Å². The highest BCUT2D eigenvalue weighted by Gasteiger charge is 2.27. The molecule has 0 saturated heterocycles. The van der Waals surface area contributed by atoms with Crippen LogP contribution in [0.25, 0.3) is 11.3 Å². The van der Waals surface area contributed by atoms with E-state index < -0.39 is 0 Å². The van der Waals surface area contributed by atoms with E-state index in [1.807, 2.05) is 37.4 Å². The maximum Gasteiger partial charge on any atom is 0.265 e. The van der Waals surface area contributed by atoms with Crippen molar-refractivity contribution in [1.29, 1.82) is 0 Å². The molecule has 0 bridgehead atoms. The van der Waals surface area contributed by atoms with Crippen molar-refractivity contribution in [2.24, 2.45) is 0 Å². The largest absolute Gasteiger partial charge is 0.482 e. The summed E-state index contributed by atoms with van der Waals surface area (Å²) in [6, 6.07) is 5.59. The fourth-order valence-corrected chi connectivity index (χ4v) is 3.12. The molecule has 7 heteroatoms. The summed E-state index contributed by atoms with van der Waals surface area (Å²) in [5.74, 6) is 0.210. The van der Waals surface area contributed by atoms with Crippen molar-refractivity contribution >= 4 is 28.8 Å². The van der Waals surface area contributed by atoms with E-state index in [0.29, 0.717) is 18.0 Å². The van der Waals surface area contributed by atoms with E-state index in [1.54, 1.807) is 11.3 Å². The molecule has 0 fully saturated rings. The normalized spacial score (nSPS) is 13.4. The number of nitrogens with one attached hydrogen (secondary N) is 1. The Bertz CT molecular complexity index is 772. The zero-order valence-electron chi connectivity index (χ0n) is 13.7. The Hall–Kier alpha value is -2.41. The molecule has 3 rings (SSSR count). The number of anilines is 1. The zero-order valence-corrected chi connectivity index (χ0v) is 14.5. The van der Waals surface area contributed by atoms with Crippen molar-refractivity contribution in [3.8, 4) is 17.0 Å². The minimum atomic E-state index is -0.222. The molecule has 0 radical (unpaired) electrons. The first-order valence-electron chi connectivity index (χ1n) is 7.85. The third kappa shape index (κ3) is 3.41. The molecule has 0 unspecified atom stereocenters. The summed E-state index contributed by atoms with van der Waals surface area (Å²) in [4.78, 5) is 30.2. The van der Waals surface area contributed by atoms with Gasteiger partial charge in [-0.1, -0.05) is 6.92 Å². The van der Waals surface area contributed by atoms with Gasteiger partial charge in [-0.25, -0.2) is 4.98 Å². The van der Waals surface area contributed by atoms with Gasteiger partial charge in [0, 0.05) is 17.5 Å². The second-order valence-electron chi connectivity index (χ2n) is 5.55. The molecule has 6 nitrogen and oxygen atoms in total. The van der Waals surface area contributed by atoms with Crippen LogP contribution in [0.2, 0.25) is 0 Å². The predicted octanol–water partition coefficient (Wildman–Crippen LogP) is 2.37. The van der Waals surface area contributed by atoms with Crippen LogP contribution in [0.3, 0.4) is 0 Å². The molecular weight excluding hydrogens is 326 g/mol. The van der Waals surface area contributed by atoms with Crippen LogP contribution in [0.5, 0.6) is 5.75 Å². The molecule has 1 N–H and O–H groups in total. The van der Waals surface area contributed by atoms with Crippen LogP contribution in [0.4, 0.5) is 5.69 Å².